The minimum Gasteiger partial charge on any atom is -0.347 e. The van der Waals surface area contributed by atoms with Crippen LogP contribution in [0.5, 0.6) is 0 Å². The van der Waals surface area contributed by atoms with E-state index in [2.05, 4.69) is 0 Å². The Morgan fingerprint density at radius 3 is 1.92 bits per heavy atom. The highest BCUT2D eigenvalue weighted by atomic mass is 32.2. The van der Waals surface area contributed by atoms with E-state index in [1.54, 1.807) is 12.1 Å². The molecule has 2 N–H and O–H groups in total. The van der Waals surface area contributed by atoms with E-state index in [-0.39, 0.29) is 9.79 Å². The zero-order chi connectivity index (χ0) is 29.0. The van der Waals surface area contributed by atoms with Crippen LogP contribution in [0.3, 0.4) is 0 Å². The molecule has 0 spiro atoms. The fourth-order valence-electron chi connectivity index (χ4n) is 5.44. The number of anilines is 1. The van der Waals surface area contributed by atoms with Crippen molar-refractivity contribution in [3.05, 3.63) is 95.8 Å². The lowest BCUT2D eigenvalue weighted by Gasteiger charge is -2.23. The summed E-state index contributed by atoms with van der Waals surface area (Å²) in [7, 11) is -4.73. The third-order valence-electron chi connectivity index (χ3n) is 7.56. The van der Waals surface area contributed by atoms with E-state index >= 15 is 0 Å². The summed E-state index contributed by atoms with van der Waals surface area (Å²) in [6.07, 6.45) is 13.5. The minimum atomic E-state index is -4.29. The fourth-order valence-corrected chi connectivity index (χ4v) is 6.45. The molecular weight excluding hydrogens is 536 g/mol. The van der Waals surface area contributed by atoms with Gasteiger partial charge in [0, 0.05) is 41.6 Å². The molecule has 0 unspecified atom stereocenters. The van der Waals surface area contributed by atoms with Crippen LogP contribution in [-0.4, -0.2) is 50.3 Å². The highest BCUT2D eigenvalue weighted by molar-refractivity contribution is 7.86. The van der Waals surface area contributed by atoms with E-state index < -0.39 is 31.1 Å². The molecule has 0 amide bonds. The summed E-state index contributed by atoms with van der Waals surface area (Å²) in [6, 6.07) is 9.27. The summed E-state index contributed by atoms with van der Waals surface area (Å²) in [5, 5.41) is 0. The number of likely N-dealkylation sites (N-methyl/N-ethyl adjacent to an activating group) is 1. The van der Waals surface area contributed by atoms with Gasteiger partial charge >= 0.3 is 0 Å². The van der Waals surface area contributed by atoms with Crippen molar-refractivity contribution in [3.8, 4) is 0 Å². The number of benzene rings is 2. The second-order valence-electron chi connectivity index (χ2n) is 10.7. The molecule has 0 radical (unpaired) electrons. The van der Waals surface area contributed by atoms with Crippen LogP contribution >= 0.6 is 0 Å². The van der Waals surface area contributed by atoms with Gasteiger partial charge in [0.15, 0.2) is 5.71 Å². The lowest BCUT2D eigenvalue weighted by Crippen LogP contribution is -2.26. The van der Waals surface area contributed by atoms with Crippen LogP contribution in [0, 0.1) is 0 Å². The maximum Gasteiger partial charge on any atom is 0.294 e. The minimum absolute atomic E-state index is 0.120. The molecule has 2 aromatic rings. The molecular formula is C29H33N2O6S2+. The van der Waals surface area contributed by atoms with Gasteiger partial charge in [0.05, 0.1) is 15.2 Å². The first-order valence-corrected chi connectivity index (χ1v) is 15.2. The van der Waals surface area contributed by atoms with Crippen molar-refractivity contribution < 1.29 is 30.5 Å². The Hall–Kier alpha value is -3.31. The molecule has 4 rings (SSSR count). The second kappa shape index (κ2) is 9.71. The van der Waals surface area contributed by atoms with Crippen molar-refractivity contribution in [2.75, 3.05) is 19.0 Å². The summed E-state index contributed by atoms with van der Waals surface area (Å²) in [5.74, 6) is 0. The predicted molar refractivity (Wildman–Crippen MR) is 153 cm³/mol. The van der Waals surface area contributed by atoms with Crippen molar-refractivity contribution in [3.63, 3.8) is 0 Å². The van der Waals surface area contributed by atoms with Gasteiger partial charge in [0.25, 0.3) is 20.2 Å². The maximum absolute atomic E-state index is 11.6. The number of hydrogen-bond donors (Lipinski definition) is 2. The fraction of sp³-hybridized carbons (Fsp3) is 0.276. The van der Waals surface area contributed by atoms with Crippen molar-refractivity contribution in [1.29, 1.82) is 0 Å². The van der Waals surface area contributed by atoms with E-state index in [4.69, 9.17) is 0 Å². The molecule has 0 saturated carbocycles. The highest BCUT2D eigenvalue weighted by Crippen LogP contribution is 2.47. The smallest absolute Gasteiger partial charge is 0.294 e. The van der Waals surface area contributed by atoms with Gasteiger partial charge in [0.1, 0.15) is 7.05 Å². The normalized spacial score (nSPS) is 19.7. The van der Waals surface area contributed by atoms with E-state index in [0.29, 0.717) is 0 Å². The first-order chi connectivity index (χ1) is 18.0. The van der Waals surface area contributed by atoms with Gasteiger partial charge in [-0.2, -0.15) is 21.4 Å². The summed E-state index contributed by atoms with van der Waals surface area (Å²) < 4.78 is 67.4. The number of rotatable bonds is 6. The molecule has 0 saturated heterocycles. The average Bonchev–Trinajstić information content (AvgIpc) is 3.15. The van der Waals surface area contributed by atoms with Crippen molar-refractivity contribution in [2.45, 2.75) is 48.3 Å². The molecule has 8 nitrogen and oxygen atoms in total. The first-order valence-electron chi connectivity index (χ1n) is 12.3. The van der Waals surface area contributed by atoms with Gasteiger partial charge in [-0.1, -0.05) is 44.2 Å². The van der Waals surface area contributed by atoms with E-state index in [9.17, 15) is 25.9 Å². The molecule has 10 heteroatoms. The number of hydrogen-bond acceptors (Lipinski definition) is 5. The van der Waals surface area contributed by atoms with Crippen LogP contribution in [-0.2, 0) is 31.1 Å². The van der Waals surface area contributed by atoms with E-state index in [1.807, 2.05) is 93.8 Å². The molecule has 2 aliphatic heterocycles. The van der Waals surface area contributed by atoms with Crippen molar-refractivity contribution >= 4 is 37.3 Å². The van der Waals surface area contributed by atoms with Crippen LogP contribution in [0.25, 0.3) is 0 Å². The molecule has 0 bridgehead atoms. The lowest BCUT2D eigenvalue weighted by atomic mass is 9.81. The highest BCUT2D eigenvalue weighted by Gasteiger charge is 2.43. The Balaban J connectivity index is 1.50. The Kier molecular flexibility index (Phi) is 7.14. The van der Waals surface area contributed by atoms with Gasteiger partial charge < -0.3 is 4.90 Å². The molecule has 0 atom stereocenters. The lowest BCUT2D eigenvalue weighted by molar-refractivity contribution is -0.401. The molecule has 0 aromatic heterocycles. The Bertz CT molecular complexity index is 1720. The standard InChI is InChI=1S/C29H32N2O6S2/c1-28(2)22-18-20(38(32,33)34)14-16-24(22)30(5)26(28)12-10-8-7-9-11-13-27-29(3,4)23-19-21(39(35,36)37)15-17-25(23)31(27)6/h7-19H,1-6H3,(H-,32,33,34,35,36,37)/p+1. The quantitative estimate of drug-likeness (QED) is 0.280. The molecule has 39 heavy (non-hydrogen) atoms. The van der Waals surface area contributed by atoms with Gasteiger partial charge in [-0.05, 0) is 55.8 Å². The third-order valence-corrected chi connectivity index (χ3v) is 9.26. The van der Waals surface area contributed by atoms with Crippen LogP contribution in [0.1, 0.15) is 38.8 Å². The first kappa shape index (κ1) is 28.7. The predicted octanol–water partition coefficient (Wildman–Crippen LogP) is 5.17. The summed E-state index contributed by atoms with van der Waals surface area (Å²) in [4.78, 5) is 1.77. The van der Waals surface area contributed by atoms with E-state index in [1.165, 1.54) is 24.3 Å². The van der Waals surface area contributed by atoms with Gasteiger partial charge in [-0.3, -0.25) is 9.11 Å². The zero-order valence-electron chi connectivity index (χ0n) is 22.7. The zero-order valence-corrected chi connectivity index (χ0v) is 24.4. The number of nitrogens with zero attached hydrogens (tertiary/aromatic N) is 2. The van der Waals surface area contributed by atoms with Crippen LogP contribution in [0.15, 0.2) is 94.4 Å². The largest absolute Gasteiger partial charge is 0.347 e. The van der Waals surface area contributed by atoms with Crippen molar-refractivity contribution in [1.82, 2.24) is 0 Å². The second-order valence-corrected chi connectivity index (χ2v) is 13.6. The molecule has 0 fully saturated rings. The molecule has 206 valence electrons. The number of allylic oxidation sites excluding steroid dienone is 8. The van der Waals surface area contributed by atoms with Gasteiger partial charge in [-0.25, -0.2) is 0 Å². The maximum atomic E-state index is 11.6. The topological polar surface area (TPSA) is 115 Å². The summed E-state index contributed by atoms with van der Waals surface area (Å²) in [6.45, 7) is 8.04. The van der Waals surface area contributed by atoms with Gasteiger partial charge in [-0.15, -0.1) is 0 Å². The molecule has 2 heterocycles. The van der Waals surface area contributed by atoms with Crippen molar-refractivity contribution in [2.24, 2.45) is 0 Å². The Morgan fingerprint density at radius 2 is 1.31 bits per heavy atom. The third kappa shape index (κ3) is 5.17. The summed E-state index contributed by atoms with van der Waals surface area (Å²) in [5.41, 5.74) is 4.46. The number of fused-ring (bicyclic) bond motifs is 2. The summed E-state index contributed by atoms with van der Waals surface area (Å²) >= 11 is 0. The molecule has 0 aliphatic carbocycles. The van der Waals surface area contributed by atoms with E-state index in [0.717, 1.165) is 33.9 Å². The Morgan fingerprint density at radius 1 is 0.769 bits per heavy atom. The van der Waals surface area contributed by atoms with Crippen LogP contribution in [0.4, 0.5) is 11.4 Å². The van der Waals surface area contributed by atoms with Gasteiger partial charge in [0.2, 0.25) is 5.69 Å². The monoisotopic (exact) mass is 569 g/mol. The average molecular weight is 570 g/mol. The SMILES string of the molecule is CN1\C(=C/C=C\C=C/C=C\C2=[N+](C)c3ccc(S(=O)(=O)O)cc3C2(C)C)C(C)(C)c2cc(S(=O)(=O)O)ccc21. The Labute approximate surface area is 230 Å². The molecule has 2 aliphatic rings. The molecule has 2 aromatic carbocycles. The van der Waals surface area contributed by atoms with Crippen LogP contribution < -0.4 is 4.90 Å². The van der Waals surface area contributed by atoms with Crippen LogP contribution in [0.2, 0.25) is 0 Å².